The molecule has 4 aromatic rings. The van der Waals surface area contributed by atoms with Gasteiger partial charge in [-0.3, -0.25) is 4.79 Å². The molecule has 0 aromatic heterocycles. The van der Waals surface area contributed by atoms with Crippen molar-refractivity contribution in [3.05, 3.63) is 137 Å². The minimum atomic E-state index is -0.588. The fraction of sp³-hybridized carbons (Fsp3) is 0.366. The van der Waals surface area contributed by atoms with Crippen molar-refractivity contribution >= 4 is 17.6 Å². The van der Waals surface area contributed by atoms with Gasteiger partial charge in [-0.2, -0.15) is 0 Å². The van der Waals surface area contributed by atoms with Gasteiger partial charge in [-0.05, 0) is 47.2 Å². The van der Waals surface area contributed by atoms with E-state index in [1.165, 1.54) is 0 Å². The van der Waals surface area contributed by atoms with Crippen LogP contribution in [0.4, 0.5) is 10.5 Å². The van der Waals surface area contributed by atoms with Gasteiger partial charge in [-0.25, -0.2) is 4.79 Å². The van der Waals surface area contributed by atoms with Crippen molar-refractivity contribution in [3.8, 4) is 0 Å². The van der Waals surface area contributed by atoms with Gasteiger partial charge >= 0.3 is 6.03 Å². The first kappa shape index (κ1) is 34.7. The molecule has 10 nitrogen and oxygen atoms in total. The zero-order chi connectivity index (χ0) is 35.2. The first-order valence-corrected chi connectivity index (χ1v) is 17.9. The summed E-state index contributed by atoms with van der Waals surface area (Å²) in [5.41, 5.74) is 5.33. The number of carbonyl (C=O) groups is 2. The Kier molecular flexibility index (Phi) is 10.6. The van der Waals surface area contributed by atoms with Gasteiger partial charge in [0.15, 0.2) is 6.29 Å². The molecular formula is C41H47N5O5. The molecule has 266 valence electrons. The molecule has 7 rings (SSSR count). The second-order valence-corrected chi connectivity index (χ2v) is 13.8. The predicted octanol–water partition coefficient (Wildman–Crippen LogP) is 5.40. The van der Waals surface area contributed by atoms with Gasteiger partial charge in [0.1, 0.15) is 5.54 Å². The van der Waals surface area contributed by atoms with Crippen LogP contribution >= 0.6 is 0 Å². The SMILES string of the molecule is C[C@@H]1[C@H](CN2CCC3(CC2)C(=O)NCN3c2ccccc2)O[C@H](c2ccc(CNC(=O)NCc3ccccc3)cc2)O[C@@H]1c1ccc(CO)cc1. The molecule has 1 spiro atoms. The lowest BCUT2D eigenvalue weighted by atomic mass is 9.84. The first-order valence-electron chi connectivity index (χ1n) is 17.9. The van der Waals surface area contributed by atoms with Crippen LogP contribution in [-0.2, 0) is 34.0 Å². The predicted molar refractivity (Wildman–Crippen MR) is 195 cm³/mol. The number of carbonyl (C=O) groups excluding carboxylic acids is 2. The lowest BCUT2D eigenvalue weighted by Gasteiger charge is -2.46. The molecule has 51 heavy (non-hydrogen) atoms. The summed E-state index contributed by atoms with van der Waals surface area (Å²) in [6.45, 7) is 5.83. The third kappa shape index (κ3) is 7.79. The molecule has 4 N–H and O–H groups in total. The van der Waals surface area contributed by atoms with Crippen LogP contribution in [0.1, 0.15) is 60.0 Å². The minimum Gasteiger partial charge on any atom is -0.392 e. The van der Waals surface area contributed by atoms with E-state index in [0.717, 1.165) is 66.0 Å². The summed E-state index contributed by atoms with van der Waals surface area (Å²) in [5.74, 6) is 0.158. The van der Waals surface area contributed by atoms with Crippen LogP contribution in [-0.4, -0.2) is 59.9 Å². The molecule has 3 aliphatic heterocycles. The Balaban J connectivity index is 1.02. The maximum absolute atomic E-state index is 13.3. The third-order valence-electron chi connectivity index (χ3n) is 10.7. The van der Waals surface area contributed by atoms with E-state index in [0.29, 0.717) is 19.8 Å². The number of benzene rings is 4. The van der Waals surface area contributed by atoms with Crippen molar-refractivity contribution in [2.45, 2.75) is 63.5 Å². The second kappa shape index (κ2) is 15.7. The molecule has 0 saturated carbocycles. The Bertz CT molecular complexity index is 1750. The van der Waals surface area contributed by atoms with Gasteiger partial charge in [-0.1, -0.05) is 104 Å². The van der Waals surface area contributed by atoms with Crippen LogP contribution in [0.5, 0.6) is 0 Å². The quantitative estimate of drug-likeness (QED) is 0.176. The van der Waals surface area contributed by atoms with Crippen LogP contribution in [0, 0.1) is 5.92 Å². The fourth-order valence-corrected chi connectivity index (χ4v) is 7.54. The maximum atomic E-state index is 13.3. The standard InChI is InChI=1S/C41H47N5O5/c1-29-36(26-45-22-20-41(21-23-45)39(48)44-28-46(41)35-10-6-3-7-11-35)50-38(51-37(29)33-16-14-32(27-47)15-17-33)34-18-12-31(13-19-34)25-43-40(49)42-24-30-8-4-2-5-9-30/h2-19,29,36-38,47H,20-28H2,1H3,(H,44,48)(H2,42,43,49)/t29-,36+,37+,38+/m1/s1. The normalized spacial score (nSPS) is 23.2. The van der Waals surface area contributed by atoms with Crippen molar-refractivity contribution in [1.82, 2.24) is 20.9 Å². The zero-order valence-electron chi connectivity index (χ0n) is 29.0. The largest absolute Gasteiger partial charge is 0.392 e. The van der Waals surface area contributed by atoms with E-state index in [1.807, 2.05) is 97.1 Å². The lowest BCUT2D eigenvalue weighted by molar-refractivity contribution is -0.276. The highest BCUT2D eigenvalue weighted by Gasteiger charge is 2.51. The first-order chi connectivity index (χ1) is 24.9. The molecule has 3 aliphatic rings. The summed E-state index contributed by atoms with van der Waals surface area (Å²) in [6.07, 6.45) is 0.538. The maximum Gasteiger partial charge on any atom is 0.315 e. The van der Waals surface area contributed by atoms with Crippen LogP contribution in [0.25, 0.3) is 0 Å². The summed E-state index contributed by atoms with van der Waals surface area (Å²) in [6, 6.07) is 35.7. The molecule has 3 heterocycles. The van der Waals surface area contributed by atoms with E-state index >= 15 is 0 Å². The van der Waals surface area contributed by atoms with Crippen LogP contribution < -0.4 is 20.9 Å². The van der Waals surface area contributed by atoms with E-state index in [2.05, 4.69) is 44.8 Å². The number of nitrogens with one attached hydrogen (secondary N) is 3. The Hall–Kier alpha value is -4.74. The Labute approximate surface area is 299 Å². The number of aliphatic hydroxyl groups is 1. The Morgan fingerprint density at radius 2 is 1.39 bits per heavy atom. The van der Waals surface area contributed by atoms with Crippen molar-refractivity contribution in [3.63, 3.8) is 0 Å². The van der Waals surface area contributed by atoms with Crippen molar-refractivity contribution in [2.75, 3.05) is 31.2 Å². The van der Waals surface area contributed by atoms with E-state index in [9.17, 15) is 14.7 Å². The van der Waals surface area contributed by atoms with Crippen LogP contribution in [0.3, 0.4) is 0 Å². The molecule has 4 atom stereocenters. The molecule has 0 radical (unpaired) electrons. The van der Waals surface area contributed by atoms with Gasteiger partial charge in [0.2, 0.25) is 5.91 Å². The van der Waals surface area contributed by atoms with Crippen LogP contribution in [0.2, 0.25) is 0 Å². The van der Waals surface area contributed by atoms with Gasteiger partial charge in [0.05, 0.1) is 25.5 Å². The Morgan fingerprint density at radius 1 is 0.804 bits per heavy atom. The molecule has 3 amide bonds. The van der Waals surface area contributed by atoms with Gasteiger partial charge in [-0.15, -0.1) is 0 Å². The average Bonchev–Trinajstić information content (AvgIpc) is 3.50. The number of hydrogen-bond donors (Lipinski definition) is 4. The molecule has 4 aromatic carbocycles. The minimum absolute atomic E-state index is 0.0121. The number of aliphatic hydroxyl groups excluding tert-OH is 1. The molecule has 0 aliphatic carbocycles. The number of likely N-dealkylation sites (tertiary alicyclic amines) is 1. The highest BCUT2D eigenvalue weighted by molar-refractivity contribution is 5.93. The molecular weight excluding hydrogens is 642 g/mol. The van der Waals surface area contributed by atoms with Crippen molar-refractivity contribution in [2.24, 2.45) is 5.92 Å². The Morgan fingerprint density at radius 3 is 2.04 bits per heavy atom. The van der Waals surface area contributed by atoms with Gasteiger partial charge < -0.3 is 40.3 Å². The number of rotatable bonds is 10. The molecule has 0 bridgehead atoms. The van der Waals surface area contributed by atoms with Gasteiger partial charge in [0.25, 0.3) is 0 Å². The van der Waals surface area contributed by atoms with Gasteiger partial charge in [0, 0.05) is 49.9 Å². The summed E-state index contributed by atoms with van der Waals surface area (Å²) in [7, 11) is 0. The second-order valence-electron chi connectivity index (χ2n) is 13.8. The number of ether oxygens (including phenoxy) is 2. The highest BCUT2D eigenvalue weighted by atomic mass is 16.7. The smallest absolute Gasteiger partial charge is 0.315 e. The number of piperidine rings is 1. The van der Waals surface area contributed by atoms with E-state index in [1.54, 1.807) is 0 Å². The highest BCUT2D eigenvalue weighted by Crippen LogP contribution is 2.43. The molecule has 3 fully saturated rings. The molecule has 3 saturated heterocycles. The third-order valence-corrected chi connectivity index (χ3v) is 10.7. The number of para-hydroxylation sites is 1. The van der Waals surface area contributed by atoms with Crippen molar-refractivity contribution in [1.29, 1.82) is 0 Å². The van der Waals surface area contributed by atoms with Crippen LogP contribution in [0.15, 0.2) is 109 Å². The topological polar surface area (TPSA) is 115 Å². The van der Waals surface area contributed by atoms with E-state index in [-0.39, 0.29) is 36.7 Å². The zero-order valence-corrected chi connectivity index (χ0v) is 29.0. The molecule has 10 heteroatoms. The average molecular weight is 690 g/mol. The monoisotopic (exact) mass is 689 g/mol. The number of nitrogens with zero attached hydrogens (tertiary/aromatic N) is 2. The fourth-order valence-electron chi connectivity index (χ4n) is 7.54. The summed E-state index contributed by atoms with van der Waals surface area (Å²) >= 11 is 0. The summed E-state index contributed by atoms with van der Waals surface area (Å²) in [5, 5.41) is 18.6. The number of anilines is 1. The number of hydrogen-bond acceptors (Lipinski definition) is 7. The lowest BCUT2D eigenvalue weighted by Crippen LogP contribution is -2.57. The van der Waals surface area contributed by atoms with E-state index < -0.39 is 11.8 Å². The molecule has 0 unspecified atom stereocenters. The summed E-state index contributed by atoms with van der Waals surface area (Å²) in [4.78, 5) is 30.3. The summed E-state index contributed by atoms with van der Waals surface area (Å²) < 4.78 is 13.4. The van der Waals surface area contributed by atoms with E-state index in [4.69, 9.17) is 9.47 Å². The number of urea groups is 1. The number of amides is 3. The van der Waals surface area contributed by atoms with Crippen molar-refractivity contribution < 1.29 is 24.2 Å².